The van der Waals surface area contributed by atoms with Gasteiger partial charge in [0.1, 0.15) is 0 Å². The number of benzene rings is 8. The summed E-state index contributed by atoms with van der Waals surface area (Å²) in [6.07, 6.45) is 0. The number of aromatic nitrogens is 4. The van der Waals surface area contributed by atoms with E-state index in [4.69, 9.17) is 19.9 Å². The van der Waals surface area contributed by atoms with E-state index in [0.29, 0.717) is 17.5 Å². The van der Waals surface area contributed by atoms with Crippen LogP contribution in [-0.4, -0.2) is 19.9 Å². The summed E-state index contributed by atoms with van der Waals surface area (Å²) in [5.41, 5.74) is 5.84. The second-order valence-electron chi connectivity index (χ2n) is 13.4. The first-order chi connectivity index (χ1) is 26.3. The topological polar surface area (TPSA) is 51.6 Å². The van der Waals surface area contributed by atoms with Crippen molar-refractivity contribution in [1.82, 2.24) is 19.9 Å². The molecule has 4 nitrogen and oxygen atoms in total. The Bertz CT molecular complexity index is 3190. The molecule has 0 saturated heterocycles. The van der Waals surface area contributed by atoms with Gasteiger partial charge in [-0.2, -0.15) is 0 Å². The van der Waals surface area contributed by atoms with E-state index in [2.05, 4.69) is 140 Å². The van der Waals surface area contributed by atoms with Gasteiger partial charge in [-0.1, -0.05) is 152 Å². The van der Waals surface area contributed by atoms with Crippen LogP contribution in [-0.2, 0) is 0 Å². The van der Waals surface area contributed by atoms with Crippen LogP contribution in [0.2, 0.25) is 0 Å². The molecule has 8 aromatic carbocycles. The summed E-state index contributed by atoms with van der Waals surface area (Å²) in [5, 5.41) is 11.0. The largest absolute Gasteiger partial charge is 0.247 e. The number of para-hydroxylation sites is 1. The van der Waals surface area contributed by atoms with Gasteiger partial charge in [0.15, 0.2) is 17.5 Å². The zero-order valence-electron chi connectivity index (χ0n) is 28.4. The van der Waals surface area contributed by atoms with Crippen LogP contribution in [0.15, 0.2) is 170 Å². The van der Waals surface area contributed by atoms with Gasteiger partial charge in [0.2, 0.25) is 0 Å². The zero-order chi connectivity index (χ0) is 34.9. The fourth-order valence-corrected chi connectivity index (χ4v) is 9.03. The quantitative estimate of drug-likeness (QED) is 0.172. The average molecular weight is 693 g/mol. The normalized spacial score (nSPS) is 11.8. The lowest BCUT2D eigenvalue weighted by Gasteiger charge is -2.13. The molecule has 11 aromatic rings. The summed E-state index contributed by atoms with van der Waals surface area (Å²) in [5.74, 6) is 1.90. The SMILES string of the molecule is c1ccc(-c2nc(-c3ccc(-c4nc5ccccc5c5sc6ccccc6c45)cc3)nc(-c3ccc4c5ccccc5c5ccccc5c4c3)n2)cc1. The Kier molecular flexibility index (Phi) is 6.69. The van der Waals surface area contributed by atoms with Crippen molar-refractivity contribution in [3.8, 4) is 45.4 Å². The lowest BCUT2D eigenvalue weighted by atomic mass is 9.93. The van der Waals surface area contributed by atoms with Crippen LogP contribution >= 0.6 is 11.3 Å². The smallest absolute Gasteiger partial charge is 0.164 e. The zero-order valence-corrected chi connectivity index (χ0v) is 29.2. The van der Waals surface area contributed by atoms with Crippen molar-refractivity contribution in [2.45, 2.75) is 0 Å². The van der Waals surface area contributed by atoms with Crippen LogP contribution in [0, 0.1) is 0 Å². The van der Waals surface area contributed by atoms with Gasteiger partial charge >= 0.3 is 0 Å². The third kappa shape index (κ3) is 4.82. The van der Waals surface area contributed by atoms with Crippen LogP contribution in [0.5, 0.6) is 0 Å². The molecule has 0 spiro atoms. The Morgan fingerprint density at radius 2 is 0.792 bits per heavy atom. The molecule has 0 N–H and O–H groups in total. The monoisotopic (exact) mass is 692 g/mol. The third-order valence-corrected chi connectivity index (χ3v) is 11.5. The molecule has 53 heavy (non-hydrogen) atoms. The maximum Gasteiger partial charge on any atom is 0.164 e. The molecule has 3 heterocycles. The number of rotatable bonds is 4. The molecule has 0 bridgehead atoms. The minimum Gasteiger partial charge on any atom is -0.247 e. The Hall–Kier alpha value is -6.82. The van der Waals surface area contributed by atoms with E-state index in [1.165, 1.54) is 57.9 Å². The maximum absolute atomic E-state index is 5.24. The van der Waals surface area contributed by atoms with Crippen molar-refractivity contribution in [3.05, 3.63) is 170 Å². The summed E-state index contributed by atoms with van der Waals surface area (Å²) in [4.78, 5) is 20.5. The van der Waals surface area contributed by atoms with E-state index in [1.54, 1.807) is 0 Å². The lowest BCUT2D eigenvalue weighted by molar-refractivity contribution is 1.07. The van der Waals surface area contributed by atoms with E-state index < -0.39 is 0 Å². The van der Waals surface area contributed by atoms with E-state index in [1.807, 2.05) is 41.7 Å². The maximum atomic E-state index is 5.24. The van der Waals surface area contributed by atoms with Crippen LogP contribution in [0.4, 0.5) is 0 Å². The van der Waals surface area contributed by atoms with Crippen LogP contribution < -0.4 is 0 Å². The summed E-state index contributed by atoms with van der Waals surface area (Å²) < 4.78 is 2.53. The van der Waals surface area contributed by atoms with Crippen molar-refractivity contribution in [2.24, 2.45) is 0 Å². The highest BCUT2D eigenvalue weighted by Crippen LogP contribution is 2.43. The fraction of sp³-hybridized carbons (Fsp3) is 0. The molecular formula is C48H28N4S. The van der Waals surface area contributed by atoms with Gasteiger partial charge < -0.3 is 0 Å². The van der Waals surface area contributed by atoms with Crippen molar-refractivity contribution >= 4 is 74.7 Å². The molecule has 0 radical (unpaired) electrons. The molecule has 0 unspecified atom stereocenters. The molecule has 5 heteroatoms. The van der Waals surface area contributed by atoms with Crippen molar-refractivity contribution in [1.29, 1.82) is 0 Å². The second-order valence-corrected chi connectivity index (χ2v) is 14.4. The number of hydrogen-bond acceptors (Lipinski definition) is 5. The molecule has 0 saturated carbocycles. The molecule has 0 atom stereocenters. The van der Waals surface area contributed by atoms with Gasteiger partial charge in [-0.15, -0.1) is 11.3 Å². The Labute approximate surface area is 308 Å². The highest BCUT2D eigenvalue weighted by Gasteiger charge is 2.18. The number of hydrogen-bond donors (Lipinski definition) is 0. The van der Waals surface area contributed by atoms with Gasteiger partial charge in [0, 0.05) is 47.8 Å². The summed E-state index contributed by atoms with van der Waals surface area (Å²) in [6, 6.07) is 59.6. The van der Waals surface area contributed by atoms with E-state index in [9.17, 15) is 0 Å². The minimum atomic E-state index is 0.626. The van der Waals surface area contributed by atoms with Gasteiger partial charge in [-0.3, -0.25) is 0 Å². The summed E-state index contributed by atoms with van der Waals surface area (Å²) in [7, 11) is 0. The van der Waals surface area contributed by atoms with Crippen molar-refractivity contribution in [2.75, 3.05) is 0 Å². The van der Waals surface area contributed by atoms with Crippen LogP contribution in [0.3, 0.4) is 0 Å². The van der Waals surface area contributed by atoms with E-state index in [-0.39, 0.29) is 0 Å². The van der Waals surface area contributed by atoms with E-state index >= 15 is 0 Å². The summed E-state index contributed by atoms with van der Waals surface area (Å²) in [6.45, 7) is 0. The van der Waals surface area contributed by atoms with Gasteiger partial charge in [0.25, 0.3) is 0 Å². The highest BCUT2D eigenvalue weighted by molar-refractivity contribution is 7.26. The Morgan fingerprint density at radius 1 is 0.321 bits per heavy atom. The number of thiophene rings is 1. The molecular weight excluding hydrogens is 665 g/mol. The molecule has 246 valence electrons. The lowest BCUT2D eigenvalue weighted by Crippen LogP contribution is -2.00. The van der Waals surface area contributed by atoms with Crippen molar-refractivity contribution < 1.29 is 0 Å². The van der Waals surface area contributed by atoms with Crippen molar-refractivity contribution in [3.63, 3.8) is 0 Å². The third-order valence-electron chi connectivity index (χ3n) is 10.3. The predicted octanol–water partition coefficient (Wildman–Crippen LogP) is 12.9. The summed E-state index contributed by atoms with van der Waals surface area (Å²) >= 11 is 1.83. The number of pyridine rings is 1. The standard InChI is InChI=1S/C48H28N4S/c1-2-12-30(13-3-1)46-50-47(52-48(51-46)32-26-27-37-35-16-5-4-14-33(35)34-15-6-7-17-36(34)40(37)28-32)31-24-22-29(23-25-31)44-43-39-19-9-11-21-42(39)53-45(43)38-18-8-10-20-41(38)49-44/h1-28H. The van der Waals surface area contributed by atoms with Crippen LogP contribution in [0.25, 0.3) is 109 Å². The first kappa shape index (κ1) is 29.9. The average Bonchev–Trinajstić information content (AvgIpc) is 3.64. The fourth-order valence-electron chi connectivity index (χ4n) is 7.79. The second kappa shape index (κ2) is 11.9. The van der Waals surface area contributed by atoms with Crippen LogP contribution in [0.1, 0.15) is 0 Å². The van der Waals surface area contributed by atoms with Gasteiger partial charge in [-0.05, 0) is 50.5 Å². The Morgan fingerprint density at radius 3 is 1.47 bits per heavy atom. The molecule has 0 fully saturated rings. The minimum absolute atomic E-state index is 0.626. The van der Waals surface area contributed by atoms with E-state index in [0.717, 1.165) is 33.5 Å². The molecule has 0 aliphatic rings. The number of fused-ring (bicyclic) bond motifs is 11. The molecule has 0 aliphatic carbocycles. The molecule has 0 aliphatic heterocycles. The molecule has 11 rings (SSSR count). The van der Waals surface area contributed by atoms with Gasteiger partial charge in [0.05, 0.1) is 11.2 Å². The van der Waals surface area contributed by atoms with Gasteiger partial charge in [-0.25, -0.2) is 19.9 Å². The molecule has 0 amide bonds. The highest BCUT2D eigenvalue weighted by atomic mass is 32.1. The molecule has 3 aromatic heterocycles. The number of nitrogens with zero attached hydrogens (tertiary/aromatic N) is 4. The first-order valence-corrected chi connectivity index (χ1v) is 18.5. The predicted molar refractivity (Wildman–Crippen MR) is 222 cm³/mol. The first-order valence-electron chi connectivity index (χ1n) is 17.7. The Balaban J connectivity index is 1.08.